The van der Waals surface area contributed by atoms with E-state index in [4.69, 9.17) is 23.8 Å². The smallest absolute Gasteiger partial charge is 0.173 e. The first kappa shape index (κ1) is 20.4. The molecule has 0 aromatic heterocycles. The van der Waals surface area contributed by atoms with Crippen molar-refractivity contribution in [1.82, 2.24) is 4.90 Å². The maximum Gasteiger partial charge on any atom is 0.173 e. The molecule has 2 rings (SSSR count). The number of rotatable bonds is 6. The van der Waals surface area contributed by atoms with E-state index in [9.17, 15) is 12.8 Å². The van der Waals surface area contributed by atoms with Gasteiger partial charge in [-0.2, -0.15) is 0 Å². The fraction of sp³-hybridized carbons (Fsp3) is 0.562. The molecule has 0 amide bonds. The maximum atomic E-state index is 13.3. The molecule has 1 aliphatic rings. The van der Waals surface area contributed by atoms with Crippen molar-refractivity contribution in [2.45, 2.75) is 18.9 Å². The highest BCUT2D eigenvalue weighted by Gasteiger charge is 2.33. The Kier molecular flexibility index (Phi) is 7.01. The second kappa shape index (κ2) is 8.62. The number of thiocarbonyl (C=S) groups is 1. The molecule has 2 N–H and O–H groups in total. The van der Waals surface area contributed by atoms with Crippen LogP contribution in [0, 0.1) is 5.82 Å². The minimum atomic E-state index is -3.01. The van der Waals surface area contributed by atoms with Crippen LogP contribution in [0.5, 0.6) is 0 Å². The Hall–Kier alpha value is -0.960. The van der Waals surface area contributed by atoms with Gasteiger partial charge in [-0.15, -0.1) is 0 Å². The number of benzene rings is 1. The highest BCUT2D eigenvalue weighted by molar-refractivity contribution is 7.91. The zero-order chi connectivity index (χ0) is 18.6. The van der Waals surface area contributed by atoms with Crippen LogP contribution in [-0.4, -0.2) is 63.2 Å². The van der Waals surface area contributed by atoms with Gasteiger partial charge in [-0.1, -0.05) is 11.6 Å². The normalized spacial score (nSPS) is 19.2. The summed E-state index contributed by atoms with van der Waals surface area (Å²) in [6.45, 7) is 1.63. The number of nitrogens with zero attached hydrogens (tertiary/aromatic N) is 1. The Balaban J connectivity index is 2.09. The number of hydrogen-bond acceptors (Lipinski definition) is 3. The predicted molar refractivity (Wildman–Crippen MR) is 104 cm³/mol. The molecule has 1 heterocycles. The van der Waals surface area contributed by atoms with Crippen molar-refractivity contribution in [3.05, 3.63) is 29.0 Å². The van der Waals surface area contributed by atoms with Gasteiger partial charge in [0.05, 0.1) is 37.2 Å². The number of sulfone groups is 1. The van der Waals surface area contributed by atoms with Crippen molar-refractivity contribution in [2.24, 2.45) is 0 Å². The molecule has 0 bridgehead atoms. The topological polar surface area (TPSA) is 53.9 Å². The van der Waals surface area contributed by atoms with E-state index >= 15 is 0 Å². The van der Waals surface area contributed by atoms with Gasteiger partial charge in [0.2, 0.25) is 0 Å². The van der Waals surface area contributed by atoms with Crippen LogP contribution in [0.1, 0.15) is 12.8 Å². The molecule has 0 spiro atoms. The molecule has 140 valence electrons. The van der Waals surface area contributed by atoms with Crippen LogP contribution in [0.25, 0.3) is 0 Å². The average molecular weight is 409 g/mol. The molecule has 1 aliphatic heterocycles. The molecule has 1 saturated heterocycles. The molecule has 5 nitrogen and oxygen atoms in total. The van der Waals surface area contributed by atoms with E-state index < -0.39 is 15.7 Å². The summed E-state index contributed by atoms with van der Waals surface area (Å²) in [7, 11) is 1.14. The van der Waals surface area contributed by atoms with Crippen molar-refractivity contribution in [2.75, 3.05) is 44.0 Å². The van der Waals surface area contributed by atoms with Crippen molar-refractivity contribution in [3.63, 3.8) is 0 Å². The van der Waals surface area contributed by atoms with Crippen molar-refractivity contribution >= 4 is 44.5 Å². The van der Waals surface area contributed by atoms with Gasteiger partial charge in [0, 0.05) is 24.7 Å². The van der Waals surface area contributed by atoms with E-state index in [0.717, 1.165) is 13.0 Å². The molecule has 25 heavy (non-hydrogen) atoms. The summed E-state index contributed by atoms with van der Waals surface area (Å²) < 4.78 is 37.0. The molecule has 1 aromatic rings. The molecule has 0 radical (unpaired) electrons. The van der Waals surface area contributed by atoms with E-state index in [1.165, 1.54) is 17.0 Å². The maximum absolute atomic E-state index is 13.3. The molecule has 1 aromatic carbocycles. The summed E-state index contributed by atoms with van der Waals surface area (Å²) in [6.07, 6.45) is 1.47. The lowest BCUT2D eigenvalue weighted by Crippen LogP contribution is -3.05. The first-order chi connectivity index (χ1) is 11.7. The molecular weight excluding hydrogens is 385 g/mol. The van der Waals surface area contributed by atoms with Crippen molar-refractivity contribution in [3.8, 4) is 0 Å². The third-order valence-electron chi connectivity index (χ3n) is 4.16. The summed E-state index contributed by atoms with van der Waals surface area (Å²) >= 11 is 11.3. The van der Waals surface area contributed by atoms with E-state index in [1.54, 1.807) is 6.07 Å². The zero-order valence-electron chi connectivity index (χ0n) is 14.4. The highest BCUT2D eigenvalue weighted by Crippen LogP contribution is 2.22. The number of anilines is 1. The SMILES string of the molecule is C[NH+](C)CCCN(C(=S)Nc1ccc(F)c(Cl)c1)[C@@H]1CCS(=O)(=O)C1. The summed E-state index contributed by atoms with van der Waals surface area (Å²) in [6, 6.07) is 4.17. The van der Waals surface area contributed by atoms with E-state index in [2.05, 4.69) is 19.4 Å². The number of hydrogen-bond donors (Lipinski definition) is 2. The molecular formula is C16H24ClFN3O2S2+. The van der Waals surface area contributed by atoms with Gasteiger partial charge < -0.3 is 15.1 Å². The largest absolute Gasteiger partial charge is 0.345 e. The summed E-state index contributed by atoms with van der Waals surface area (Å²) in [5.41, 5.74) is 0.584. The Labute approximate surface area is 159 Å². The number of quaternary nitrogens is 1. The van der Waals surface area contributed by atoms with Crippen molar-refractivity contribution < 1.29 is 17.7 Å². The summed E-state index contributed by atoms with van der Waals surface area (Å²) in [5, 5.41) is 3.51. The van der Waals surface area contributed by atoms with Crippen LogP contribution in [0.4, 0.5) is 10.1 Å². The number of halogens is 2. The molecule has 1 fully saturated rings. The first-order valence-electron chi connectivity index (χ1n) is 8.20. The molecule has 1 atom stereocenters. The van der Waals surface area contributed by atoms with E-state index in [0.29, 0.717) is 23.8 Å². The van der Waals surface area contributed by atoms with Gasteiger partial charge in [-0.3, -0.25) is 0 Å². The lowest BCUT2D eigenvalue weighted by molar-refractivity contribution is -0.858. The fourth-order valence-electron chi connectivity index (χ4n) is 2.84. The zero-order valence-corrected chi connectivity index (χ0v) is 16.8. The van der Waals surface area contributed by atoms with Gasteiger partial charge in [0.1, 0.15) is 5.82 Å². The lowest BCUT2D eigenvalue weighted by atomic mass is 10.2. The van der Waals surface area contributed by atoms with Crippen LogP contribution in [0.15, 0.2) is 18.2 Å². The Morgan fingerprint density at radius 1 is 1.48 bits per heavy atom. The van der Waals surface area contributed by atoms with Crippen LogP contribution >= 0.6 is 23.8 Å². The average Bonchev–Trinajstić information content (AvgIpc) is 2.87. The van der Waals surface area contributed by atoms with Crippen LogP contribution in [-0.2, 0) is 9.84 Å². The molecule has 0 aliphatic carbocycles. The lowest BCUT2D eigenvalue weighted by Gasteiger charge is -2.31. The second-order valence-corrected chi connectivity index (χ2v) is 9.64. The fourth-order valence-corrected chi connectivity index (χ4v) is 5.11. The van der Waals surface area contributed by atoms with Gasteiger partial charge in [0.25, 0.3) is 0 Å². The van der Waals surface area contributed by atoms with Gasteiger partial charge >= 0.3 is 0 Å². The van der Waals surface area contributed by atoms with Crippen LogP contribution in [0.3, 0.4) is 0 Å². The van der Waals surface area contributed by atoms with Gasteiger partial charge in [0.15, 0.2) is 14.9 Å². The molecule has 0 saturated carbocycles. The quantitative estimate of drug-likeness (QED) is 0.693. The summed E-state index contributed by atoms with van der Waals surface area (Å²) in [5.74, 6) is -0.183. The number of nitrogens with one attached hydrogen (secondary N) is 2. The van der Waals surface area contributed by atoms with Crippen molar-refractivity contribution in [1.29, 1.82) is 0 Å². The monoisotopic (exact) mass is 408 g/mol. The Bertz CT molecular complexity index is 728. The molecule has 0 unspecified atom stereocenters. The van der Waals surface area contributed by atoms with Crippen LogP contribution < -0.4 is 10.2 Å². The van der Waals surface area contributed by atoms with Gasteiger partial charge in [-0.05, 0) is 36.8 Å². The Morgan fingerprint density at radius 3 is 2.76 bits per heavy atom. The third-order valence-corrected chi connectivity index (χ3v) is 6.53. The second-order valence-electron chi connectivity index (χ2n) is 6.62. The van der Waals surface area contributed by atoms with Gasteiger partial charge in [-0.25, -0.2) is 12.8 Å². The highest BCUT2D eigenvalue weighted by atomic mass is 35.5. The summed E-state index contributed by atoms with van der Waals surface area (Å²) in [4.78, 5) is 3.27. The third kappa shape index (κ3) is 6.06. The first-order valence-corrected chi connectivity index (χ1v) is 10.8. The standard InChI is InChI=1S/C16H23ClFN3O2S2/c1-20(2)7-3-8-21(13-6-9-25(22,23)11-13)16(24)19-12-4-5-15(18)14(17)10-12/h4-5,10,13H,3,6-9,11H2,1-2H3,(H,19,24)/p+1/t13-/m1/s1. The van der Waals surface area contributed by atoms with E-state index in [1.807, 2.05) is 4.90 Å². The van der Waals surface area contributed by atoms with E-state index in [-0.39, 0.29) is 22.6 Å². The Morgan fingerprint density at radius 2 is 2.20 bits per heavy atom. The van der Waals surface area contributed by atoms with Crippen LogP contribution in [0.2, 0.25) is 5.02 Å². The minimum absolute atomic E-state index is 0.0130. The minimum Gasteiger partial charge on any atom is -0.345 e. The predicted octanol–water partition coefficient (Wildman–Crippen LogP) is 1.20. The molecule has 9 heteroatoms.